The summed E-state index contributed by atoms with van der Waals surface area (Å²) < 4.78 is 2.36. The Hall–Kier alpha value is -7.30. The van der Waals surface area contributed by atoms with Gasteiger partial charge in [-0.05, 0) is 87.5 Å². The van der Waals surface area contributed by atoms with Crippen LogP contribution in [-0.4, -0.2) is 16.2 Å². The number of rotatable bonds is 8. The maximum atomic E-state index is 6.58. The van der Waals surface area contributed by atoms with Crippen molar-refractivity contribution in [3.05, 3.63) is 223 Å². The average molecular weight is 707 g/mol. The van der Waals surface area contributed by atoms with Gasteiger partial charge >= 0.3 is 0 Å². The predicted molar refractivity (Wildman–Crippen MR) is 231 cm³/mol. The fourth-order valence-corrected chi connectivity index (χ4v) is 7.33. The molecule has 55 heavy (non-hydrogen) atoms. The summed E-state index contributed by atoms with van der Waals surface area (Å²) in [6.45, 7) is 0.490. The number of fused-ring (bicyclic) bond motifs is 3. The highest BCUT2D eigenvalue weighted by Gasteiger charge is 2.14. The van der Waals surface area contributed by atoms with Gasteiger partial charge < -0.3 is 10.3 Å². The Morgan fingerprint density at radius 3 is 1.55 bits per heavy atom. The molecule has 8 aromatic carbocycles. The van der Waals surface area contributed by atoms with Gasteiger partial charge in [0.05, 0.1) is 17.6 Å². The molecule has 0 aliphatic heterocycles. The van der Waals surface area contributed by atoms with Gasteiger partial charge in [0, 0.05) is 27.6 Å². The van der Waals surface area contributed by atoms with Crippen LogP contribution in [0.15, 0.2) is 216 Å². The van der Waals surface area contributed by atoms with E-state index in [4.69, 9.17) is 15.7 Å². The second-order valence-electron chi connectivity index (χ2n) is 13.7. The lowest BCUT2D eigenvalue weighted by Gasteiger charge is -2.14. The maximum Gasteiger partial charge on any atom is 0.157 e. The Balaban J connectivity index is 1.13. The molecule has 0 saturated heterocycles. The molecule has 0 atom stereocenters. The van der Waals surface area contributed by atoms with Crippen LogP contribution in [0.1, 0.15) is 16.7 Å². The topological polar surface area (TPSA) is 55.7 Å². The molecule has 0 radical (unpaired) electrons. The third-order valence-electron chi connectivity index (χ3n) is 10.1. The highest BCUT2D eigenvalue weighted by atomic mass is 15.0. The van der Waals surface area contributed by atoms with Gasteiger partial charge in [-0.3, -0.25) is 4.99 Å². The molecule has 0 saturated carbocycles. The first-order chi connectivity index (χ1) is 27.2. The van der Waals surface area contributed by atoms with Crippen LogP contribution in [0.4, 0.5) is 0 Å². The third-order valence-corrected chi connectivity index (χ3v) is 10.1. The summed E-state index contributed by atoms with van der Waals surface area (Å²) in [4.78, 5) is 9.92. The normalized spacial score (nSPS) is 12.0. The summed E-state index contributed by atoms with van der Waals surface area (Å²) in [5.41, 5.74) is 19.7. The molecular formula is C51H38N4. The summed E-state index contributed by atoms with van der Waals surface area (Å²) >= 11 is 0. The molecule has 1 aromatic heterocycles. The summed E-state index contributed by atoms with van der Waals surface area (Å²) in [6.07, 6.45) is 0. The zero-order valence-electron chi connectivity index (χ0n) is 30.3. The Morgan fingerprint density at radius 1 is 0.418 bits per heavy atom. The number of aromatic nitrogens is 1. The minimum Gasteiger partial charge on any atom is -0.383 e. The second kappa shape index (κ2) is 15.0. The van der Waals surface area contributed by atoms with Crippen molar-refractivity contribution in [2.24, 2.45) is 15.7 Å². The van der Waals surface area contributed by atoms with Crippen LogP contribution in [0.2, 0.25) is 0 Å². The van der Waals surface area contributed by atoms with Crippen molar-refractivity contribution < 1.29 is 0 Å². The van der Waals surface area contributed by atoms with Gasteiger partial charge in [-0.25, -0.2) is 4.99 Å². The minimum atomic E-state index is 0.426. The van der Waals surface area contributed by atoms with E-state index in [1.54, 1.807) is 0 Å². The van der Waals surface area contributed by atoms with E-state index in [2.05, 4.69) is 162 Å². The van der Waals surface area contributed by atoms with Gasteiger partial charge in [-0.2, -0.15) is 0 Å². The number of para-hydroxylation sites is 2. The molecule has 0 aliphatic carbocycles. The Bertz CT molecular complexity index is 2760. The number of amidine groups is 2. The number of aliphatic imine (C=N–C) groups is 2. The fourth-order valence-electron chi connectivity index (χ4n) is 7.33. The summed E-state index contributed by atoms with van der Waals surface area (Å²) in [7, 11) is 0. The number of benzene rings is 8. The van der Waals surface area contributed by atoms with Crippen LogP contribution in [-0.2, 0) is 6.54 Å². The van der Waals surface area contributed by atoms with Crippen molar-refractivity contribution in [2.45, 2.75) is 6.54 Å². The zero-order chi connectivity index (χ0) is 37.0. The fraction of sp³-hybridized carbons (Fsp3) is 0.0196. The molecule has 0 aliphatic rings. The third kappa shape index (κ3) is 6.97. The molecule has 4 nitrogen and oxygen atoms in total. The Kier molecular flexibility index (Phi) is 9.13. The number of nitrogens with zero attached hydrogens (tertiary/aromatic N) is 3. The smallest absolute Gasteiger partial charge is 0.157 e. The molecule has 4 heteroatoms. The highest BCUT2D eigenvalue weighted by molar-refractivity contribution is 6.11. The molecule has 9 rings (SSSR count). The van der Waals surface area contributed by atoms with Gasteiger partial charge in [-0.15, -0.1) is 0 Å². The summed E-state index contributed by atoms with van der Waals surface area (Å²) in [6, 6.07) is 72.1. The van der Waals surface area contributed by atoms with E-state index in [0.717, 1.165) is 55.8 Å². The number of nitrogens with two attached hydrogens (primary N) is 1. The Morgan fingerprint density at radius 2 is 0.909 bits per heavy atom. The first kappa shape index (κ1) is 33.5. The van der Waals surface area contributed by atoms with Crippen molar-refractivity contribution in [2.75, 3.05) is 0 Å². The molecular weight excluding hydrogens is 669 g/mol. The van der Waals surface area contributed by atoms with Crippen molar-refractivity contribution in [1.82, 2.24) is 4.57 Å². The van der Waals surface area contributed by atoms with Gasteiger partial charge in [0.25, 0.3) is 0 Å². The van der Waals surface area contributed by atoms with E-state index in [-0.39, 0.29) is 0 Å². The van der Waals surface area contributed by atoms with Crippen LogP contribution in [0.3, 0.4) is 0 Å². The number of hydrogen-bond acceptors (Lipinski definition) is 1. The van der Waals surface area contributed by atoms with Crippen molar-refractivity contribution in [3.63, 3.8) is 0 Å². The molecule has 262 valence electrons. The maximum absolute atomic E-state index is 6.58. The van der Waals surface area contributed by atoms with E-state index in [0.29, 0.717) is 18.2 Å². The SMILES string of the molecule is NC(=NC(=NCc1ccccc1)c1cccc(-c2cc(-c3ccccc3)cc(-c3ccc(-n4c5ccccc5c5ccccc54)cc3)c2)c1)c1ccccc1. The van der Waals surface area contributed by atoms with E-state index in [1.165, 1.54) is 21.8 Å². The van der Waals surface area contributed by atoms with E-state index in [1.807, 2.05) is 48.5 Å². The molecule has 9 aromatic rings. The molecule has 0 bridgehead atoms. The quantitative estimate of drug-likeness (QED) is 0.124. The molecule has 0 amide bonds. The van der Waals surface area contributed by atoms with Crippen molar-refractivity contribution in [1.29, 1.82) is 0 Å². The lowest BCUT2D eigenvalue weighted by molar-refractivity contribution is 1.06. The van der Waals surface area contributed by atoms with E-state index < -0.39 is 0 Å². The Labute approximate surface area is 321 Å². The predicted octanol–water partition coefficient (Wildman–Crippen LogP) is 12.1. The molecule has 0 spiro atoms. The van der Waals surface area contributed by atoms with Crippen LogP contribution in [0.5, 0.6) is 0 Å². The highest BCUT2D eigenvalue weighted by Crippen LogP contribution is 2.36. The molecule has 0 fully saturated rings. The number of hydrogen-bond donors (Lipinski definition) is 1. The first-order valence-electron chi connectivity index (χ1n) is 18.6. The monoisotopic (exact) mass is 706 g/mol. The average Bonchev–Trinajstić information content (AvgIpc) is 3.60. The standard InChI is InChI=1S/C51H38N4/c52-50(39-19-8-3-9-20-39)54-51(53-35-36-15-4-1-5-16-36)41-22-14-21-40(31-41)44-33-42(37-17-6-2-7-18-37)32-43(34-44)38-27-29-45(30-28-38)55-48-25-12-10-23-46(48)47-24-11-13-26-49(47)55/h1-34H,35H2,(H2,52,53,54). The molecule has 2 N–H and O–H groups in total. The molecule has 0 unspecified atom stereocenters. The van der Waals surface area contributed by atoms with E-state index >= 15 is 0 Å². The van der Waals surface area contributed by atoms with Gasteiger partial charge in [0.2, 0.25) is 0 Å². The van der Waals surface area contributed by atoms with Gasteiger partial charge in [0.1, 0.15) is 5.84 Å². The zero-order valence-corrected chi connectivity index (χ0v) is 30.3. The lowest BCUT2D eigenvalue weighted by Crippen LogP contribution is -2.16. The van der Waals surface area contributed by atoms with Crippen LogP contribution >= 0.6 is 0 Å². The van der Waals surface area contributed by atoms with Crippen LogP contribution < -0.4 is 5.73 Å². The lowest BCUT2D eigenvalue weighted by atomic mass is 9.92. The van der Waals surface area contributed by atoms with Gasteiger partial charge in [-0.1, -0.05) is 158 Å². The molecule has 1 heterocycles. The van der Waals surface area contributed by atoms with Gasteiger partial charge in [0.15, 0.2) is 5.84 Å². The minimum absolute atomic E-state index is 0.426. The van der Waals surface area contributed by atoms with Crippen LogP contribution in [0.25, 0.3) is 60.9 Å². The van der Waals surface area contributed by atoms with Crippen molar-refractivity contribution in [3.8, 4) is 39.1 Å². The largest absolute Gasteiger partial charge is 0.383 e. The summed E-state index contributed by atoms with van der Waals surface area (Å²) in [5, 5.41) is 2.51. The second-order valence-corrected chi connectivity index (χ2v) is 13.7. The first-order valence-corrected chi connectivity index (χ1v) is 18.6. The summed E-state index contributed by atoms with van der Waals surface area (Å²) in [5.74, 6) is 1.02. The van der Waals surface area contributed by atoms with Crippen LogP contribution in [0, 0.1) is 0 Å². The van der Waals surface area contributed by atoms with E-state index in [9.17, 15) is 0 Å². The van der Waals surface area contributed by atoms with Crippen molar-refractivity contribution >= 4 is 33.5 Å².